The first-order valence-electron chi connectivity index (χ1n) is 19.1. The van der Waals surface area contributed by atoms with E-state index >= 15 is 0 Å². The van der Waals surface area contributed by atoms with Crippen LogP contribution >= 0.6 is 22.3 Å². The van der Waals surface area contributed by atoms with Crippen LogP contribution in [0.5, 0.6) is 0 Å². The molecule has 0 amide bonds. The van der Waals surface area contributed by atoms with Crippen LogP contribution in [0.25, 0.3) is 0 Å². The average molecular weight is 657 g/mol. The topological polar surface area (TPSA) is 0 Å². The summed E-state index contributed by atoms with van der Waals surface area (Å²) in [6.45, 7) is 0. The van der Waals surface area contributed by atoms with Crippen molar-refractivity contribution in [2.45, 2.75) is 227 Å². The minimum absolute atomic E-state index is 0.0900. The van der Waals surface area contributed by atoms with Crippen molar-refractivity contribution in [3.8, 4) is 0 Å². The van der Waals surface area contributed by atoms with Crippen LogP contribution in [-0.4, -0.2) is 34.0 Å². The van der Waals surface area contributed by atoms with Gasteiger partial charge >= 0.3 is 261 Å². The van der Waals surface area contributed by atoms with Crippen LogP contribution in [0.15, 0.2) is 0 Å². The molecule has 0 unspecified atom stereocenters. The monoisotopic (exact) mass is 655 g/mol. The van der Waals surface area contributed by atoms with Crippen molar-refractivity contribution in [2.24, 2.45) is 0 Å². The van der Waals surface area contributed by atoms with Gasteiger partial charge in [-0.25, -0.2) is 0 Å². The average Bonchev–Trinajstić information content (AvgIpc) is 3.05. The number of hydrogen-bond acceptors (Lipinski definition) is 0. The van der Waals surface area contributed by atoms with Crippen molar-refractivity contribution < 1.29 is 11.7 Å². The fraction of sp³-hybridized carbons (Fsp3) is 1.00. The fourth-order valence-electron chi connectivity index (χ4n) is 12.1. The van der Waals surface area contributed by atoms with Gasteiger partial charge in [0.1, 0.15) is 0 Å². The molecule has 0 spiro atoms. The molecular weight excluding hydrogens is 588 g/mol. The van der Waals surface area contributed by atoms with Gasteiger partial charge in [-0.3, -0.25) is 0 Å². The quantitative estimate of drug-likeness (QED) is 0.180. The van der Waals surface area contributed by atoms with Gasteiger partial charge in [-0.05, 0) is 0 Å². The Morgan fingerprint density at radius 1 is 0.275 bits per heavy atom. The normalized spacial score (nSPS) is 30.3. The molecule has 0 saturated heterocycles. The van der Waals surface area contributed by atoms with Gasteiger partial charge in [0, 0.05) is 0 Å². The van der Waals surface area contributed by atoms with Crippen LogP contribution in [0.4, 0.5) is 0 Å². The van der Waals surface area contributed by atoms with Crippen molar-refractivity contribution in [3.05, 3.63) is 0 Å². The molecule has 6 rings (SSSR count). The third-order valence-electron chi connectivity index (χ3n) is 13.7. The molecule has 0 aromatic heterocycles. The minimum atomic E-state index is -1.71. The van der Waals surface area contributed by atoms with Gasteiger partial charge < -0.3 is 0 Å². The number of rotatable bonds is 8. The molecule has 0 heterocycles. The summed E-state index contributed by atoms with van der Waals surface area (Å²) in [7, 11) is 9.09. The van der Waals surface area contributed by atoms with Crippen molar-refractivity contribution in [1.29, 1.82) is 0 Å². The van der Waals surface area contributed by atoms with E-state index in [0.717, 1.165) is 34.0 Å². The maximum absolute atomic E-state index is 9.09. The van der Waals surface area contributed by atoms with Crippen LogP contribution in [0.1, 0.15) is 193 Å². The zero-order chi connectivity index (χ0) is 27.3. The van der Waals surface area contributed by atoms with Crippen molar-refractivity contribution >= 4 is 22.3 Å². The third kappa shape index (κ3) is 6.21. The zero-order valence-corrected chi connectivity index (χ0v) is 30.1. The summed E-state index contributed by atoms with van der Waals surface area (Å²) in [6, 6.07) is -3.43. The molecular formula is C36H68ClNiP2. The molecule has 0 bridgehead atoms. The molecule has 0 radical (unpaired) electrons. The van der Waals surface area contributed by atoms with E-state index in [0.29, 0.717) is 0 Å². The molecule has 0 aromatic carbocycles. The van der Waals surface area contributed by atoms with Gasteiger partial charge in [0.2, 0.25) is 0 Å². The Morgan fingerprint density at radius 3 is 0.575 bits per heavy atom. The second-order valence-electron chi connectivity index (χ2n) is 15.8. The van der Waals surface area contributed by atoms with E-state index in [4.69, 9.17) is 10.2 Å². The molecule has 0 nitrogen and oxygen atoms in total. The van der Waals surface area contributed by atoms with E-state index in [1.54, 1.807) is 154 Å². The van der Waals surface area contributed by atoms with E-state index < -0.39 is 12.1 Å². The summed E-state index contributed by atoms with van der Waals surface area (Å²) < 4.78 is 0. The Morgan fingerprint density at radius 2 is 0.425 bits per heavy atom. The summed E-state index contributed by atoms with van der Waals surface area (Å²) in [6.07, 6.45) is 47.2. The van der Waals surface area contributed by atoms with Crippen molar-refractivity contribution in [3.63, 3.8) is 0 Å². The van der Waals surface area contributed by atoms with Crippen LogP contribution in [-0.2, 0) is 11.7 Å². The van der Waals surface area contributed by atoms with Gasteiger partial charge in [-0.2, -0.15) is 0 Å². The zero-order valence-electron chi connectivity index (χ0n) is 26.4. The molecule has 0 aromatic rings. The van der Waals surface area contributed by atoms with Crippen molar-refractivity contribution in [2.75, 3.05) is 0 Å². The van der Waals surface area contributed by atoms with Gasteiger partial charge in [0.15, 0.2) is 0 Å². The van der Waals surface area contributed by atoms with E-state index in [2.05, 4.69) is 0 Å². The number of hydrogen-bond donors (Lipinski definition) is 0. The second kappa shape index (κ2) is 15.3. The van der Waals surface area contributed by atoms with Crippen LogP contribution in [0, 0.1) is 0 Å². The Hall–Kier alpha value is 1.64. The summed E-state index contributed by atoms with van der Waals surface area (Å²) in [5.41, 5.74) is 6.68. The first kappa shape index (κ1) is 31.6. The predicted octanol–water partition coefficient (Wildman–Crippen LogP) is 13.1. The third-order valence-corrected chi connectivity index (χ3v) is 49.0. The van der Waals surface area contributed by atoms with Crippen LogP contribution < -0.4 is 0 Å². The predicted molar refractivity (Wildman–Crippen MR) is 184 cm³/mol. The molecule has 0 atom stereocenters. The summed E-state index contributed by atoms with van der Waals surface area (Å²) in [4.78, 5) is 0. The first-order valence-corrected chi connectivity index (χ1v) is 27.5. The second-order valence-corrected chi connectivity index (χ2v) is 36.1. The molecule has 6 saturated carbocycles. The summed E-state index contributed by atoms with van der Waals surface area (Å²) in [5, 5.41) is 0. The van der Waals surface area contributed by atoms with E-state index in [1.807, 2.05) is 0 Å². The molecule has 0 N–H and O–H groups in total. The molecule has 6 aliphatic rings. The fourth-order valence-corrected chi connectivity index (χ4v) is 61.9. The SMILES string of the molecule is [Cl][Ni]([PH](C1CCCCC1)(C1CCCCC1)C1CCCCC1)[PH](C1CCCCC1)(C1CCCCC1)C1CCCCC1. The van der Waals surface area contributed by atoms with Crippen LogP contribution in [0.3, 0.4) is 0 Å². The van der Waals surface area contributed by atoms with Crippen LogP contribution in [0.2, 0.25) is 0 Å². The maximum atomic E-state index is 9.09. The van der Waals surface area contributed by atoms with E-state index in [9.17, 15) is 0 Å². The Balaban J connectivity index is 1.54. The van der Waals surface area contributed by atoms with Crippen molar-refractivity contribution in [1.82, 2.24) is 0 Å². The van der Waals surface area contributed by atoms with Gasteiger partial charge in [-0.1, -0.05) is 0 Å². The summed E-state index contributed by atoms with van der Waals surface area (Å²) >= 11 is 0.0900. The van der Waals surface area contributed by atoms with Gasteiger partial charge in [0.25, 0.3) is 0 Å². The standard InChI is InChI=1S/2C18H33P.ClH.Ni/c2*1-4-10-16(11-5-1)19(17-12-6-2-7-13-17)18-14-8-3-9-15-18;;/h2*16-18H,1-15H2;1H;/q;;;-1/p+1. The molecule has 239 valence electrons. The van der Waals surface area contributed by atoms with E-state index in [-0.39, 0.29) is 11.7 Å². The Bertz CT molecular complexity index is 585. The Kier molecular flexibility index (Phi) is 12.1. The number of halogens is 1. The molecule has 6 fully saturated rings. The van der Waals surface area contributed by atoms with Gasteiger partial charge in [-0.15, -0.1) is 0 Å². The van der Waals surface area contributed by atoms with E-state index in [1.165, 1.54) is 38.5 Å². The Labute approximate surface area is 259 Å². The first-order chi connectivity index (χ1) is 19.8. The molecule has 4 heteroatoms. The molecule has 0 aliphatic heterocycles. The molecule has 40 heavy (non-hydrogen) atoms. The molecule has 6 aliphatic carbocycles. The summed E-state index contributed by atoms with van der Waals surface area (Å²) in [5.74, 6) is 0. The van der Waals surface area contributed by atoms with Gasteiger partial charge in [0.05, 0.1) is 0 Å².